The van der Waals surface area contributed by atoms with Gasteiger partial charge in [-0.3, -0.25) is 4.79 Å². The third kappa shape index (κ3) is 5.28. The molecule has 0 spiro atoms. The summed E-state index contributed by atoms with van der Waals surface area (Å²) < 4.78 is 28.5. The molecule has 1 aliphatic carbocycles. The number of aliphatic imine (C=N–C) groups is 1. The summed E-state index contributed by atoms with van der Waals surface area (Å²) in [4.78, 5) is 18.4. The molecule has 3 rings (SSSR count). The second-order valence-corrected chi connectivity index (χ2v) is 7.98. The maximum absolute atomic E-state index is 14.2. The highest BCUT2D eigenvalue weighted by atomic mass is 19.3. The summed E-state index contributed by atoms with van der Waals surface area (Å²) in [6, 6.07) is 9.18. The number of carbonyl (C=O) groups is 1. The van der Waals surface area contributed by atoms with Gasteiger partial charge in [-0.25, -0.2) is 13.8 Å². The van der Waals surface area contributed by atoms with Crippen LogP contribution in [0.25, 0.3) is 0 Å². The molecule has 0 radical (unpaired) electrons. The van der Waals surface area contributed by atoms with Gasteiger partial charge in [-0.05, 0) is 24.5 Å². The normalized spacial score (nSPS) is 19.3. The van der Waals surface area contributed by atoms with E-state index in [2.05, 4.69) is 11.6 Å². The molecule has 2 aliphatic rings. The minimum atomic E-state index is -3.04. The third-order valence-corrected chi connectivity index (χ3v) is 5.65. The number of rotatable bonds is 7. The zero-order chi connectivity index (χ0) is 21.0. The highest BCUT2D eigenvalue weighted by Gasteiger charge is 2.34. The van der Waals surface area contributed by atoms with Gasteiger partial charge in [-0.15, -0.1) is 0 Å². The summed E-state index contributed by atoms with van der Waals surface area (Å²) in [5, 5.41) is 0. The van der Waals surface area contributed by atoms with Gasteiger partial charge in [0.1, 0.15) is 5.82 Å². The summed E-state index contributed by atoms with van der Waals surface area (Å²) in [6.45, 7) is 4.75. The molecule has 3 nitrogen and oxygen atoms in total. The molecule has 0 aromatic heterocycles. The minimum Gasteiger partial charge on any atom is -0.328 e. The van der Waals surface area contributed by atoms with Crippen molar-refractivity contribution in [1.82, 2.24) is 4.90 Å². The zero-order valence-electron chi connectivity index (χ0n) is 17.1. The number of ketones is 1. The van der Waals surface area contributed by atoms with Gasteiger partial charge in [0.2, 0.25) is 0 Å². The van der Waals surface area contributed by atoms with Crippen LogP contribution in [0.1, 0.15) is 51.0 Å². The van der Waals surface area contributed by atoms with Crippen molar-refractivity contribution < 1.29 is 13.6 Å². The van der Waals surface area contributed by atoms with Crippen molar-refractivity contribution >= 4 is 11.5 Å². The van der Waals surface area contributed by atoms with E-state index in [9.17, 15) is 13.6 Å². The topological polar surface area (TPSA) is 32.7 Å². The van der Waals surface area contributed by atoms with Crippen molar-refractivity contribution in [3.8, 4) is 0 Å². The van der Waals surface area contributed by atoms with Crippen LogP contribution in [0.4, 0.5) is 8.78 Å². The molecule has 0 amide bonds. The van der Waals surface area contributed by atoms with Gasteiger partial charge in [0, 0.05) is 31.5 Å². The Kier molecular flexibility index (Phi) is 6.46. The van der Waals surface area contributed by atoms with E-state index in [0.717, 1.165) is 18.9 Å². The van der Waals surface area contributed by atoms with Crippen LogP contribution in [0.5, 0.6) is 0 Å². The second-order valence-electron chi connectivity index (χ2n) is 7.98. The quantitative estimate of drug-likeness (QED) is 0.536. The molecular formula is C24H28F2N2O. The van der Waals surface area contributed by atoms with Crippen molar-refractivity contribution in [2.45, 2.75) is 51.4 Å². The fourth-order valence-corrected chi connectivity index (χ4v) is 3.92. The molecule has 0 bridgehead atoms. The maximum atomic E-state index is 14.2. The molecule has 1 heterocycles. The molecule has 1 fully saturated rings. The average Bonchev–Trinajstić information content (AvgIpc) is 3.21. The van der Waals surface area contributed by atoms with E-state index in [1.54, 1.807) is 0 Å². The summed E-state index contributed by atoms with van der Waals surface area (Å²) >= 11 is 0. The molecule has 0 N–H and O–H groups in total. The zero-order valence-corrected chi connectivity index (χ0v) is 17.1. The number of Topliss-reactive ketones (excluding diaryl/α,β-unsaturated/α-hetero) is 1. The van der Waals surface area contributed by atoms with Crippen LogP contribution in [0.2, 0.25) is 0 Å². The van der Waals surface area contributed by atoms with Gasteiger partial charge in [-0.2, -0.15) is 0 Å². The fourth-order valence-electron chi connectivity index (χ4n) is 3.92. The molecule has 29 heavy (non-hydrogen) atoms. The van der Waals surface area contributed by atoms with Crippen LogP contribution in [0.15, 0.2) is 71.1 Å². The van der Waals surface area contributed by atoms with Gasteiger partial charge in [-0.1, -0.05) is 62.6 Å². The number of hydrogen-bond donors (Lipinski definition) is 0. The Morgan fingerprint density at radius 1 is 1.28 bits per heavy atom. The predicted octanol–water partition coefficient (Wildman–Crippen LogP) is 5.90. The SMILES string of the molecule is C=C(/C=C1/N=C(c2ccccc2)C=C(C(C)(F)F)N1C)C(=O)CCC1CCCC1. The van der Waals surface area contributed by atoms with Crippen LogP contribution >= 0.6 is 0 Å². The van der Waals surface area contributed by atoms with E-state index < -0.39 is 5.92 Å². The smallest absolute Gasteiger partial charge is 0.285 e. The molecule has 1 aromatic carbocycles. The standard InChI is InChI=1S/C24H28F2N2O/c1-17(21(29)14-13-18-9-7-8-10-18)15-23-27-20(19-11-5-4-6-12-19)16-22(28(23)3)24(2,25)26/h4-6,11-12,15-16,18H,1,7-10,13-14H2,2-3H3/b23-15-. The minimum absolute atomic E-state index is 0.0476. The van der Waals surface area contributed by atoms with E-state index in [1.807, 2.05) is 30.3 Å². The van der Waals surface area contributed by atoms with Crippen molar-refractivity contribution in [2.75, 3.05) is 7.05 Å². The molecule has 1 aromatic rings. The number of allylic oxidation sites excluding steroid dienone is 4. The third-order valence-electron chi connectivity index (χ3n) is 5.65. The second kappa shape index (κ2) is 8.85. The molecular weight excluding hydrogens is 370 g/mol. The lowest BCUT2D eigenvalue weighted by Gasteiger charge is -2.31. The van der Waals surface area contributed by atoms with E-state index in [-0.39, 0.29) is 11.5 Å². The van der Waals surface area contributed by atoms with Crippen molar-refractivity contribution in [2.24, 2.45) is 10.9 Å². The van der Waals surface area contributed by atoms with Crippen LogP contribution < -0.4 is 0 Å². The van der Waals surface area contributed by atoms with Crippen LogP contribution in [0.3, 0.4) is 0 Å². The largest absolute Gasteiger partial charge is 0.328 e. The highest BCUT2D eigenvalue weighted by molar-refractivity contribution is 6.10. The number of benzene rings is 1. The summed E-state index contributed by atoms with van der Waals surface area (Å²) in [6.07, 6.45) is 9.10. The number of halogens is 2. The van der Waals surface area contributed by atoms with E-state index in [0.29, 0.717) is 29.4 Å². The van der Waals surface area contributed by atoms with Gasteiger partial charge >= 0.3 is 0 Å². The molecule has 5 heteroatoms. The van der Waals surface area contributed by atoms with E-state index in [1.165, 1.54) is 49.8 Å². The van der Waals surface area contributed by atoms with E-state index in [4.69, 9.17) is 0 Å². The van der Waals surface area contributed by atoms with E-state index >= 15 is 0 Å². The predicted molar refractivity (Wildman–Crippen MR) is 113 cm³/mol. The lowest BCUT2D eigenvalue weighted by molar-refractivity contribution is -0.115. The maximum Gasteiger partial charge on any atom is 0.285 e. The molecule has 0 atom stereocenters. The first kappa shape index (κ1) is 21.2. The van der Waals surface area contributed by atoms with Gasteiger partial charge in [0.05, 0.1) is 11.4 Å². The molecule has 1 aliphatic heterocycles. The Morgan fingerprint density at radius 3 is 2.55 bits per heavy atom. The summed E-state index contributed by atoms with van der Waals surface area (Å²) in [7, 11) is 1.54. The number of nitrogens with zero attached hydrogens (tertiary/aromatic N) is 2. The first-order chi connectivity index (χ1) is 13.8. The van der Waals surface area contributed by atoms with Crippen LogP contribution in [-0.4, -0.2) is 29.4 Å². The average molecular weight is 398 g/mol. The lowest BCUT2D eigenvalue weighted by Crippen LogP contribution is -2.32. The van der Waals surface area contributed by atoms with Gasteiger partial charge in [0.25, 0.3) is 5.92 Å². The number of hydrogen-bond acceptors (Lipinski definition) is 3. The molecule has 0 saturated heterocycles. The Morgan fingerprint density at radius 2 is 1.93 bits per heavy atom. The lowest BCUT2D eigenvalue weighted by atomic mass is 9.97. The Balaban J connectivity index is 1.83. The first-order valence-corrected chi connectivity index (χ1v) is 10.2. The van der Waals surface area contributed by atoms with Crippen molar-refractivity contribution in [3.63, 3.8) is 0 Å². The van der Waals surface area contributed by atoms with Crippen LogP contribution in [0, 0.1) is 5.92 Å². The first-order valence-electron chi connectivity index (χ1n) is 10.2. The summed E-state index contributed by atoms with van der Waals surface area (Å²) in [5.41, 5.74) is 1.33. The molecule has 154 valence electrons. The fraction of sp³-hybridized carbons (Fsp3) is 0.417. The summed E-state index contributed by atoms with van der Waals surface area (Å²) in [5.74, 6) is -2.18. The molecule has 0 unspecified atom stereocenters. The Hall–Kier alpha value is -2.56. The Bertz CT molecular complexity index is 857. The molecule has 1 saturated carbocycles. The van der Waals surface area contributed by atoms with Gasteiger partial charge < -0.3 is 4.90 Å². The monoisotopic (exact) mass is 398 g/mol. The van der Waals surface area contributed by atoms with Gasteiger partial charge in [0.15, 0.2) is 5.78 Å². The number of alkyl halides is 2. The van der Waals surface area contributed by atoms with Crippen molar-refractivity contribution in [3.05, 3.63) is 71.7 Å². The van der Waals surface area contributed by atoms with Crippen LogP contribution in [-0.2, 0) is 4.79 Å². The Labute approximate surface area is 171 Å². The van der Waals surface area contributed by atoms with Crippen molar-refractivity contribution in [1.29, 1.82) is 0 Å². The number of carbonyl (C=O) groups excluding carboxylic acids is 1. The highest BCUT2D eigenvalue weighted by Crippen LogP contribution is 2.33.